The highest BCUT2D eigenvalue weighted by molar-refractivity contribution is 5.90. The number of hydrogen-bond acceptors (Lipinski definition) is 8. The van der Waals surface area contributed by atoms with Crippen LogP contribution in [0.3, 0.4) is 0 Å². The molecule has 11 heteroatoms. The minimum absolute atomic E-state index is 0.0540. The van der Waals surface area contributed by atoms with Crippen molar-refractivity contribution in [3.8, 4) is 16.9 Å². The van der Waals surface area contributed by atoms with E-state index in [1.54, 1.807) is 0 Å². The zero-order chi connectivity index (χ0) is 29.0. The number of benzene rings is 3. The maximum atomic E-state index is 12.8. The zero-order valence-corrected chi connectivity index (χ0v) is 23.2. The second kappa shape index (κ2) is 14.8. The second-order valence-corrected chi connectivity index (χ2v) is 9.72. The van der Waals surface area contributed by atoms with Gasteiger partial charge in [0, 0.05) is 38.3 Å². The van der Waals surface area contributed by atoms with Crippen molar-refractivity contribution in [3.63, 3.8) is 0 Å². The summed E-state index contributed by atoms with van der Waals surface area (Å²) >= 11 is 0. The van der Waals surface area contributed by atoms with Gasteiger partial charge in [0.1, 0.15) is 12.4 Å². The van der Waals surface area contributed by atoms with E-state index in [0.29, 0.717) is 32.1 Å². The first-order valence-electron chi connectivity index (χ1n) is 13.9. The highest BCUT2D eigenvalue weighted by Gasteiger charge is 2.24. The number of hydrogen-bond donors (Lipinski definition) is 3. The molecule has 2 heterocycles. The van der Waals surface area contributed by atoms with Crippen LogP contribution >= 0.6 is 0 Å². The molecule has 3 aromatic carbocycles. The van der Waals surface area contributed by atoms with Gasteiger partial charge in [0.25, 0.3) is 11.7 Å². The van der Waals surface area contributed by atoms with Crippen LogP contribution in [0.2, 0.25) is 0 Å². The molecule has 0 radical (unpaired) electrons. The van der Waals surface area contributed by atoms with Crippen molar-refractivity contribution in [1.82, 2.24) is 25.7 Å². The lowest BCUT2D eigenvalue weighted by Crippen LogP contribution is -2.51. The molecule has 42 heavy (non-hydrogen) atoms. The standard InChI is InChI=1S/C31H34N6O5/c38-30(33-21-26(37-17-19-40-20-18-37)22-41-27-9-5-2-6-10-27)29-35-28(42-36-29)15-16-32-31(39)34-25-13-11-24(12-14-25)23-7-3-1-4-8-23/h1-14,26H,15-22H2,(H,33,38)(H2,32,34,39). The Balaban J connectivity index is 1.05. The fraction of sp³-hybridized carbons (Fsp3) is 0.290. The van der Waals surface area contributed by atoms with Crippen molar-refractivity contribution in [2.45, 2.75) is 12.5 Å². The predicted octanol–water partition coefficient (Wildman–Crippen LogP) is 3.61. The first kappa shape index (κ1) is 28.8. The second-order valence-electron chi connectivity index (χ2n) is 9.72. The Hall–Kier alpha value is -4.74. The van der Waals surface area contributed by atoms with E-state index in [4.69, 9.17) is 14.0 Å². The molecule has 11 nitrogen and oxygen atoms in total. The molecule has 1 aliphatic rings. The lowest BCUT2D eigenvalue weighted by atomic mass is 10.1. The number of carbonyl (C=O) groups is 2. The molecule has 0 bridgehead atoms. The summed E-state index contributed by atoms with van der Waals surface area (Å²) < 4.78 is 16.7. The van der Waals surface area contributed by atoms with Crippen LogP contribution in [0.4, 0.5) is 10.5 Å². The van der Waals surface area contributed by atoms with E-state index < -0.39 is 5.91 Å². The van der Waals surface area contributed by atoms with E-state index in [0.717, 1.165) is 30.0 Å². The fourth-order valence-electron chi connectivity index (χ4n) is 4.52. The van der Waals surface area contributed by atoms with Gasteiger partial charge in [-0.25, -0.2) is 4.79 Å². The van der Waals surface area contributed by atoms with Gasteiger partial charge in [-0.05, 0) is 35.4 Å². The van der Waals surface area contributed by atoms with Crippen LogP contribution in [0, 0.1) is 0 Å². The van der Waals surface area contributed by atoms with Gasteiger partial charge in [-0.2, -0.15) is 4.98 Å². The predicted molar refractivity (Wildman–Crippen MR) is 157 cm³/mol. The Morgan fingerprint density at radius 2 is 1.57 bits per heavy atom. The van der Waals surface area contributed by atoms with E-state index in [1.807, 2.05) is 84.9 Å². The number of urea groups is 1. The topological polar surface area (TPSA) is 131 Å². The summed E-state index contributed by atoms with van der Waals surface area (Å²) in [5.74, 6) is 0.531. The van der Waals surface area contributed by atoms with E-state index in [2.05, 4.69) is 31.0 Å². The molecule has 0 aliphatic carbocycles. The van der Waals surface area contributed by atoms with Crippen LogP contribution in [0.15, 0.2) is 89.5 Å². The highest BCUT2D eigenvalue weighted by Crippen LogP contribution is 2.21. The smallest absolute Gasteiger partial charge is 0.319 e. The lowest BCUT2D eigenvalue weighted by molar-refractivity contribution is 0.00641. The number of carbonyl (C=O) groups excluding carboxylic acids is 2. The molecule has 1 saturated heterocycles. The van der Waals surface area contributed by atoms with Gasteiger partial charge in [0.15, 0.2) is 0 Å². The summed E-state index contributed by atoms with van der Waals surface area (Å²) in [6, 6.07) is 26.8. The first-order valence-corrected chi connectivity index (χ1v) is 13.9. The van der Waals surface area contributed by atoms with Crippen LogP contribution in [-0.2, 0) is 11.2 Å². The molecule has 1 unspecified atom stereocenters. The van der Waals surface area contributed by atoms with Crippen molar-refractivity contribution < 1.29 is 23.6 Å². The number of nitrogens with zero attached hydrogens (tertiary/aromatic N) is 3. The Morgan fingerprint density at radius 1 is 0.881 bits per heavy atom. The third-order valence-electron chi connectivity index (χ3n) is 6.79. The molecule has 4 aromatic rings. The summed E-state index contributed by atoms with van der Waals surface area (Å²) in [6.07, 6.45) is 0.280. The Bertz CT molecular complexity index is 1410. The van der Waals surface area contributed by atoms with Crippen molar-refractivity contribution >= 4 is 17.6 Å². The molecular formula is C31H34N6O5. The molecule has 3 N–H and O–H groups in total. The molecule has 218 valence electrons. The Labute approximate surface area is 244 Å². The van der Waals surface area contributed by atoms with Crippen LogP contribution < -0.4 is 20.7 Å². The molecule has 1 fully saturated rings. The van der Waals surface area contributed by atoms with E-state index in [9.17, 15) is 9.59 Å². The van der Waals surface area contributed by atoms with Crippen molar-refractivity contribution in [3.05, 3.63) is 96.6 Å². The normalized spacial score (nSPS) is 14.1. The maximum absolute atomic E-state index is 12.8. The lowest BCUT2D eigenvalue weighted by Gasteiger charge is -2.34. The van der Waals surface area contributed by atoms with Crippen molar-refractivity contribution in [2.24, 2.45) is 0 Å². The molecule has 1 aromatic heterocycles. The van der Waals surface area contributed by atoms with Crippen molar-refractivity contribution in [2.75, 3.05) is 51.3 Å². The van der Waals surface area contributed by atoms with Gasteiger partial charge in [0.05, 0.1) is 19.3 Å². The summed E-state index contributed by atoms with van der Waals surface area (Å²) in [7, 11) is 0. The summed E-state index contributed by atoms with van der Waals surface area (Å²) in [4.78, 5) is 31.5. The first-order chi connectivity index (χ1) is 20.6. The Kier molecular flexibility index (Phi) is 10.1. The van der Waals surface area contributed by atoms with Crippen LogP contribution in [0.1, 0.15) is 16.5 Å². The number of morpholine rings is 1. The molecule has 3 amide bonds. The number of rotatable bonds is 12. The number of aromatic nitrogens is 2. The fourth-order valence-corrected chi connectivity index (χ4v) is 4.52. The van der Waals surface area contributed by atoms with Crippen LogP contribution in [-0.4, -0.2) is 79.0 Å². The summed E-state index contributed by atoms with van der Waals surface area (Å²) in [6.45, 7) is 3.80. The third-order valence-corrected chi connectivity index (χ3v) is 6.79. The number of nitrogens with one attached hydrogen (secondary N) is 3. The zero-order valence-electron chi connectivity index (χ0n) is 23.2. The monoisotopic (exact) mass is 570 g/mol. The Morgan fingerprint density at radius 3 is 2.31 bits per heavy atom. The van der Waals surface area contributed by atoms with Crippen LogP contribution in [0.5, 0.6) is 5.75 Å². The van der Waals surface area contributed by atoms with Crippen LogP contribution in [0.25, 0.3) is 11.1 Å². The molecule has 0 spiro atoms. The van der Waals surface area contributed by atoms with Gasteiger partial charge >= 0.3 is 6.03 Å². The minimum Gasteiger partial charge on any atom is -0.492 e. The minimum atomic E-state index is -0.437. The number of amides is 3. The van der Waals surface area contributed by atoms with E-state index >= 15 is 0 Å². The van der Waals surface area contributed by atoms with Gasteiger partial charge in [-0.1, -0.05) is 65.8 Å². The number of anilines is 1. The van der Waals surface area contributed by atoms with E-state index in [-0.39, 0.29) is 36.8 Å². The van der Waals surface area contributed by atoms with Gasteiger partial charge in [0.2, 0.25) is 5.89 Å². The van der Waals surface area contributed by atoms with Gasteiger partial charge in [-0.3, -0.25) is 9.69 Å². The molecular weight excluding hydrogens is 536 g/mol. The largest absolute Gasteiger partial charge is 0.492 e. The molecule has 1 aliphatic heterocycles. The summed E-state index contributed by atoms with van der Waals surface area (Å²) in [5.41, 5.74) is 2.85. The van der Waals surface area contributed by atoms with Gasteiger partial charge in [-0.15, -0.1) is 0 Å². The average Bonchev–Trinajstić information content (AvgIpc) is 3.52. The number of para-hydroxylation sites is 1. The maximum Gasteiger partial charge on any atom is 0.319 e. The van der Waals surface area contributed by atoms with Crippen molar-refractivity contribution in [1.29, 1.82) is 0 Å². The SMILES string of the molecule is O=C(NCCc1nc(C(=O)NCC(COc2ccccc2)N2CCOCC2)no1)Nc1ccc(-c2ccccc2)cc1. The molecule has 1 atom stereocenters. The highest BCUT2D eigenvalue weighted by atomic mass is 16.5. The average molecular weight is 571 g/mol. The third kappa shape index (κ3) is 8.38. The molecule has 5 rings (SSSR count). The van der Waals surface area contributed by atoms with E-state index in [1.165, 1.54) is 0 Å². The number of ether oxygens (including phenoxy) is 2. The molecule has 0 saturated carbocycles. The van der Waals surface area contributed by atoms with Gasteiger partial charge < -0.3 is 29.9 Å². The quantitative estimate of drug-likeness (QED) is 0.236. The summed E-state index contributed by atoms with van der Waals surface area (Å²) in [5, 5.41) is 12.3.